The molecule has 0 radical (unpaired) electrons. The van der Waals surface area contributed by atoms with Gasteiger partial charge in [0.2, 0.25) is 0 Å². The number of ether oxygens (including phenoxy) is 2. The summed E-state index contributed by atoms with van der Waals surface area (Å²) in [6, 6.07) is 18.8. The highest BCUT2D eigenvalue weighted by Gasteiger charge is 2.32. The number of aliphatic hydroxyl groups excluding tert-OH is 2. The second kappa shape index (κ2) is 12.2. The lowest BCUT2D eigenvalue weighted by molar-refractivity contribution is -0.0295. The molecule has 0 amide bonds. The van der Waals surface area contributed by atoms with Crippen molar-refractivity contribution in [3.63, 3.8) is 0 Å². The summed E-state index contributed by atoms with van der Waals surface area (Å²) in [4.78, 5) is 2.01. The second-order valence-corrected chi connectivity index (χ2v) is 9.71. The van der Waals surface area contributed by atoms with E-state index >= 15 is 0 Å². The van der Waals surface area contributed by atoms with Crippen molar-refractivity contribution < 1.29 is 28.5 Å². The second-order valence-electron chi connectivity index (χ2n) is 9.71. The van der Waals surface area contributed by atoms with Crippen LogP contribution in [-0.4, -0.2) is 52.6 Å². The van der Waals surface area contributed by atoms with Gasteiger partial charge in [-0.3, -0.25) is 4.90 Å². The SMILES string of the molecule is Cl.O[C@@H](CN(Cc1ccccc1)C[C@H](O)[C@H]1CCc2cc(F)ccc2O1)[C@@H]1CCc2cc(F)ccc2O1. The van der Waals surface area contributed by atoms with Gasteiger partial charge >= 0.3 is 0 Å². The molecular formula is C29H32ClF2NO4. The van der Waals surface area contributed by atoms with Gasteiger partial charge < -0.3 is 19.7 Å². The number of fused-ring (bicyclic) bond motifs is 2. The van der Waals surface area contributed by atoms with Crippen molar-refractivity contribution in [1.82, 2.24) is 4.90 Å². The molecule has 2 aliphatic heterocycles. The molecule has 0 fully saturated rings. The zero-order valence-corrected chi connectivity index (χ0v) is 21.2. The number of hydrogen-bond acceptors (Lipinski definition) is 5. The molecule has 0 aliphatic carbocycles. The number of aliphatic hydroxyl groups is 2. The Morgan fingerprint density at radius 2 is 1.24 bits per heavy atom. The first-order chi connectivity index (χ1) is 17.4. The molecule has 0 spiro atoms. The number of nitrogens with zero attached hydrogens (tertiary/aromatic N) is 1. The number of aryl methyl sites for hydroxylation is 2. The first-order valence-corrected chi connectivity index (χ1v) is 12.5. The topological polar surface area (TPSA) is 62.2 Å². The molecule has 3 aromatic rings. The Hall–Kier alpha value is -2.71. The maximum Gasteiger partial charge on any atom is 0.126 e. The van der Waals surface area contributed by atoms with Crippen molar-refractivity contribution >= 4 is 12.4 Å². The van der Waals surface area contributed by atoms with Gasteiger partial charge in [0.1, 0.15) is 47.5 Å². The van der Waals surface area contributed by atoms with Gasteiger partial charge in [-0.1, -0.05) is 30.3 Å². The minimum absolute atomic E-state index is 0. The first-order valence-electron chi connectivity index (χ1n) is 12.5. The van der Waals surface area contributed by atoms with Crippen molar-refractivity contribution in [3.05, 3.63) is 95.1 Å². The fourth-order valence-corrected chi connectivity index (χ4v) is 5.11. The van der Waals surface area contributed by atoms with Crippen LogP contribution in [0.3, 0.4) is 0 Å². The van der Waals surface area contributed by atoms with Gasteiger partial charge in [0.05, 0.1) is 0 Å². The monoisotopic (exact) mass is 531 g/mol. The molecule has 37 heavy (non-hydrogen) atoms. The first kappa shape index (κ1) is 27.3. The summed E-state index contributed by atoms with van der Waals surface area (Å²) in [6.45, 7) is 1.13. The van der Waals surface area contributed by atoms with E-state index in [1.54, 1.807) is 12.1 Å². The van der Waals surface area contributed by atoms with Crippen LogP contribution in [0.15, 0.2) is 66.7 Å². The van der Waals surface area contributed by atoms with E-state index < -0.39 is 24.4 Å². The lowest BCUT2D eigenvalue weighted by Crippen LogP contribution is -2.48. The molecule has 2 aliphatic rings. The predicted molar refractivity (Wildman–Crippen MR) is 139 cm³/mol. The van der Waals surface area contributed by atoms with Gasteiger partial charge in [0, 0.05) is 19.6 Å². The summed E-state index contributed by atoms with van der Waals surface area (Å²) < 4.78 is 39.1. The van der Waals surface area contributed by atoms with Crippen LogP contribution < -0.4 is 9.47 Å². The maximum atomic E-state index is 13.5. The van der Waals surface area contributed by atoms with Crippen LogP contribution >= 0.6 is 12.4 Å². The van der Waals surface area contributed by atoms with E-state index in [9.17, 15) is 19.0 Å². The maximum absolute atomic E-state index is 13.5. The van der Waals surface area contributed by atoms with Gasteiger partial charge in [-0.25, -0.2) is 8.78 Å². The Bertz CT molecular complexity index is 1110. The fourth-order valence-electron chi connectivity index (χ4n) is 5.11. The zero-order valence-electron chi connectivity index (χ0n) is 20.4. The normalized spacial score (nSPS) is 20.0. The summed E-state index contributed by atoms with van der Waals surface area (Å²) >= 11 is 0. The smallest absolute Gasteiger partial charge is 0.126 e. The number of halogens is 3. The van der Waals surface area contributed by atoms with E-state index in [4.69, 9.17) is 9.47 Å². The van der Waals surface area contributed by atoms with Gasteiger partial charge in [-0.15, -0.1) is 12.4 Å². The lowest BCUT2D eigenvalue weighted by atomic mass is 9.97. The van der Waals surface area contributed by atoms with Crippen LogP contribution in [0.5, 0.6) is 11.5 Å². The van der Waals surface area contributed by atoms with Gasteiger partial charge in [0.25, 0.3) is 0 Å². The van der Waals surface area contributed by atoms with E-state index in [-0.39, 0.29) is 24.0 Å². The Balaban J connectivity index is 0.00000320. The molecule has 8 heteroatoms. The molecule has 198 valence electrons. The van der Waals surface area contributed by atoms with Crippen LogP contribution in [0.1, 0.15) is 29.5 Å². The van der Waals surface area contributed by atoms with Gasteiger partial charge in [0.15, 0.2) is 0 Å². The van der Waals surface area contributed by atoms with Crippen LogP contribution in [-0.2, 0) is 19.4 Å². The predicted octanol–water partition coefficient (Wildman–Crippen LogP) is 4.70. The summed E-state index contributed by atoms with van der Waals surface area (Å²) in [6.07, 6.45) is -0.0167. The van der Waals surface area contributed by atoms with Gasteiger partial charge in [-0.05, 0) is 78.8 Å². The molecular weight excluding hydrogens is 500 g/mol. The zero-order chi connectivity index (χ0) is 25.1. The Kier molecular flexibility index (Phi) is 9.03. The molecule has 5 nitrogen and oxygen atoms in total. The Labute approximate surface area is 222 Å². The standard InChI is InChI=1S/C29H31F2NO4.ClH/c30-22-8-12-26-20(14-22)6-10-28(35-26)24(33)17-32(16-19-4-2-1-3-5-19)18-25(34)29-11-7-21-15-23(31)9-13-27(21)36-29;/h1-5,8-9,12-15,24-25,28-29,33-34H,6-7,10-11,16-18H2;1H/t24-,25-,28-,29+;/m0./s1. The van der Waals surface area contributed by atoms with Crippen LogP contribution in [0.25, 0.3) is 0 Å². The lowest BCUT2D eigenvalue weighted by Gasteiger charge is -2.35. The minimum Gasteiger partial charge on any atom is -0.487 e. The molecule has 0 saturated carbocycles. The van der Waals surface area contributed by atoms with E-state index in [1.165, 1.54) is 24.3 Å². The van der Waals surface area contributed by atoms with Gasteiger partial charge in [-0.2, -0.15) is 0 Å². The molecule has 3 aromatic carbocycles. The molecule has 2 heterocycles. The number of rotatable bonds is 8. The minimum atomic E-state index is -0.796. The number of hydrogen-bond donors (Lipinski definition) is 2. The summed E-state index contributed by atoms with van der Waals surface area (Å²) in [7, 11) is 0. The average molecular weight is 532 g/mol. The van der Waals surface area contributed by atoms with Crippen molar-refractivity contribution in [3.8, 4) is 11.5 Å². The van der Waals surface area contributed by atoms with E-state index in [1.807, 2.05) is 35.2 Å². The fraction of sp³-hybridized carbons (Fsp3) is 0.379. The molecule has 2 N–H and O–H groups in total. The molecule has 0 bridgehead atoms. The molecule has 5 rings (SSSR count). The summed E-state index contributed by atoms with van der Waals surface area (Å²) in [5.41, 5.74) is 2.68. The third-order valence-electron chi connectivity index (χ3n) is 7.00. The summed E-state index contributed by atoms with van der Waals surface area (Å²) in [5.74, 6) is 0.619. The quantitative estimate of drug-likeness (QED) is 0.441. The highest BCUT2D eigenvalue weighted by molar-refractivity contribution is 5.85. The van der Waals surface area contributed by atoms with Crippen molar-refractivity contribution in [2.75, 3.05) is 13.1 Å². The number of benzene rings is 3. The molecule has 0 aromatic heterocycles. The van der Waals surface area contributed by atoms with Crippen molar-refractivity contribution in [1.29, 1.82) is 0 Å². The summed E-state index contributed by atoms with van der Waals surface area (Å²) in [5, 5.41) is 22.2. The largest absolute Gasteiger partial charge is 0.487 e. The van der Waals surface area contributed by atoms with E-state index in [0.717, 1.165) is 16.7 Å². The van der Waals surface area contributed by atoms with E-state index in [0.29, 0.717) is 56.8 Å². The highest BCUT2D eigenvalue weighted by Crippen LogP contribution is 2.31. The third-order valence-corrected chi connectivity index (χ3v) is 7.00. The van der Waals surface area contributed by atoms with Crippen LogP contribution in [0, 0.1) is 11.6 Å². The average Bonchev–Trinajstić information content (AvgIpc) is 2.88. The van der Waals surface area contributed by atoms with E-state index in [2.05, 4.69) is 0 Å². The van der Waals surface area contributed by atoms with Crippen LogP contribution in [0.2, 0.25) is 0 Å². The highest BCUT2D eigenvalue weighted by atomic mass is 35.5. The van der Waals surface area contributed by atoms with Crippen molar-refractivity contribution in [2.45, 2.75) is 56.6 Å². The van der Waals surface area contributed by atoms with Crippen LogP contribution in [0.4, 0.5) is 8.78 Å². The molecule has 4 atom stereocenters. The third kappa shape index (κ3) is 6.79. The Morgan fingerprint density at radius 1 is 0.757 bits per heavy atom. The molecule has 0 unspecified atom stereocenters. The molecule has 0 saturated heterocycles. The Morgan fingerprint density at radius 3 is 1.73 bits per heavy atom. The van der Waals surface area contributed by atoms with Crippen molar-refractivity contribution in [2.24, 2.45) is 0 Å².